The van der Waals surface area contributed by atoms with Crippen LogP contribution in [0.1, 0.15) is 19.2 Å². The third-order valence-electron chi connectivity index (χ3n) is 2.84. The first-order valence-electron chi connectivity index (χ1n) is 6.39. The Morgan fingerprint density at radius 3 is 2.79 bits per heavy atom. The predicted molar refractivity (Wildman–Crippen MR) is 75.4 cm³/mol. The van der Waals surface area contributed by atoms with Gasteiger partial charge in [-0.05, 0) is 18.6 Å². The van der Waals surface area contributed by atoms with Crippen molar-refractivity contribution in [3.05, 3.63) is 42.5 Å². The van der Waals surface area contributed by atoms with Gasteiger partial charge in [0.2, 0.25) is 0 Å². The average molecular weight is 253 g/mol. The molecule has 0 aliphatic carbocycles. The minimum atomic E-state index is 0.705. The number of benzene rings is 1. The average Bonchev–Trinajstić information content (AvgIpc) is 2.89. The van der Waals surface area contributed by atoms with Gasteiger partial charge in [0.1, 0.15) is 11.3 Å². The van der Waals surface area contributed by atoms with Crippen LogP contribution in [0.25, 0.3) is 11.2 Å². The molecule has 2 aromatic heterocycles. The third-order valence-corrected chi connectivity index (χ3v) is 2.84. The number of rotatable bonds is 4. The second-order valence-corrected chi connectivity index (χ2v) is 4.33. The number of nitrogens with zero attached hydrogens (tertiary/aromatic N) is 3. The van der Waals surface area contributed by atoms with Crippen LogP contribution in [0.2, 0.25) is 0 Å². The molecule has 2 heterocycles. The molecule has 96 valence electrons. The number of hydrogen-bond donors (Lipinski definition) is 2. The Bertz CT molecular complexity index is 675. The number of H-pyrrole nitrogens is 1. The Balaban J connectivity index is 2.03. The number of imidazole rings is 1. The van der Waals surface area contributed by atoms with Gasteiger partial charge in [0, 0.05) is 12.1 Å². The van der Waals surface area contributed by atoms with Crippen molar-refractivity contribution >= 4 is 22.7 Å². The van der Waals surface area contributed by atoms with Crippen molar-refractivity contribution in [1.29, 1.82) is 0 Å². The summed E-state index contributed by atoms with van der Waals surface area (Å²) in [5, 5.41) is 3.31. The van der Waals surface area contributed by atoms with Crippen molar-refractivity contribution in [3.63, 3.8) is 0 Å². The van der Waals surface area contributed by atoms with E-state index in [9.17, 15) is 0 Å². The molecule has 0 bridgehead atoms. The third kappa shape index (κ3) is 2.40. The van der Waals surface area contributed by atoms with E-state index >= 15 is 0 Å². The molecular weight excluding hydrogens is 238 g/mol. The largest absolute Gasteiger partial charge is 0.340 e. The van der Waals surface area contributed by atoms with Crippen LogP contribution in [0.15, 0.2) is 36.7 Å². The second-order valence-electron chi connectivity index (χ2n) is 4.33. The molecule has 0 fully saturated rings. The maximum atomic E-state index is 4.56. The van der Waals surface area contributed by atoms with Crippen LogP contribution in [0.3, 0.4) is 0 Å². The summed E-state index contributed by atoms with van der Waals surface area (Å²) in [4.78, 5) is 16.3. The van der Waals surface area contributed by atoms with Crippen molar-refractivity contribution < 1.29 is 0 Å². The van der Waals surface area contributed by atoms with Gasteiger partial charge < -0.3 is 10.3 Å². The molecule has 0 aliphatic heterocycles. The Kier molecular flexibility index (Phi) is 3.10. The molecule has 0 spiro atoms. The van der Waals surface area contributed by atoms with Crippen molar-refractivity contribution in [2.75, 3.05) is 5.32 Å². The minimum absolute atomic E-state index is 0.705. The van der Waals surface area contributed by atoms with Gasteiger partial charge in [-0.25, -0.2) is 15.0 Å². The zero-order valence-electron chi connectivity index (χ0n) is 10.7. The highest BCUT2D eigenvalue weighted by Gasteiger charge is 2.09. The molecular formula is C14H15N5. The number of aryl methyl sites for hydroxylation is 1. The van der Waals surface area contributed by atoms with Crippen LogP contribution >= 0.6 is 0 Å². The van der Waals surface area contributed by atoms with Gasteiger partial charge in [-0.3, -0.25) is 0 Å². The van der Waals surface area contributed by atoms with E-state index in [0.29, 0.717) is 5.65 Å². The van der Waals surface area contributed by atoms with E-state index in [0.717, 1.165) is 35.7 Å². The highest BCUT2D eigenvalue weighted by atomic mass is 15.1. The molecule has 0 radical (unpaired) electrons. The fourth-order valence-corrected chi connectivity index (χ4v) is 1.96. The first kappa shape index (κ1) is 11.6. The predicted octanol–water partition coefficient (Wildman–Crippen LogP) is 3.05. The van der Waals surface area contributed by atoms with Gasteiger partial charge in [0.25, 0.3) is 0 Å². The van der Waals surface area contributed by atoms with Crippen LogP contribution in [-0.2, 0) is 6.42 Å². The topological polar surface area (TPSA) is 66.5 Å². The Morgan fingerprint density at radius 2 is 2.00 bits per heavy atom. The first-order chi connectivity index (χ1) is 9.36. The van der Waals surface area contributed by atoms with E-state index < -0.39 is 0 Å². The minimum Gasteiger partial charge on any atom is -0.340 e. The number of nitrogens with one attached hydrogen (secondary N) is 2. The molecule has 0 aliphatic rings. The molecule has 1 aromatic carbocycles. The van der Waals surface area contributed by atoms with E-state index in [1.165, 1.54) is 0 Å². The number of anilines is 2. The fourth-order valence-electron chi connectivity index (χ4n) is 1.96. The molecule has 5 heteroatoms. The number of aromatic nitrogens is 4. The zero-order valence-corrected chi connectivity index (χ0v) is 10.7. The van der Waals surface area contributed by atoms with Gasteiger partial charge in [0.05, 0.1) is 6.33 Å². The number of aromatic amines is 1. The van der Waals surface area contributed by atoms with Gasteiger partial charge in [0.15, 0.2) is 11.5 Å². The highest BCUT2D eigenvalue weighted by molar-refractivity contribution is 5.84. The molecule has 3 aromatic rings. The van der Waals surface area contributed by atoms with Crippen LogP contribution in [0.4, 0.5) is 11.5 Å². The summed E-state index contributed by atoms with van der Waals surface area (Å²) >= 11 is 0. The van der Waals surface area contributed by atoms with Crippen LogP contribution in [-0.4, -0.2) is 19.9 Å². The number of para-hydroxylation sites is 1. The van der Waals surface area contributed by atoms with Crippen LogP contribution < -0.4 is 5.32 Å². The van der Waals surface area contributed by atoms with E-state index in [4.69, 9.17) is 0 Å². The quantitative estimate of drug-likeness (QED) is 0.750. The zero-order chi connectivity index (χ0) is 13.1. The standard InChI is InChI=1S/C14H15N5/c1-2-6-11-18-13-12(15-9-16-13)14(19-11)17-10-7-4-3-5-8-10/h3-5,7-9H,2,6H2,1H3,(H2,15,16,17,18,19). The smallest absolute Gasteiger partial charge is 0.183 e. The lowest BCUT2D eigenvalue weighted by atomic mass is 10.3. The molecule has 5 nitrogen and oxygen atoms in total. The van der Waals surface area contributed by atoms with Crippen LogP contribution in [0.5, 0.6) is 0 Å². The van der Waals surface area contributed by atoms with E-state index in [2.05, 4.69) is 32.2 Å². The Labute approximate surface area is 111 Å². The monoisotopic (exact) mass is 253 g/mol. The van der Waals surface area contributed by atoms with Gasteiger partial charge in [-0.1, -0.05) is 25.1 Å². The SMILES string of the molecule is CCCc1nc(Nc2ccccc2)c2[nH]cnc2n1. The lowest BCUT2D eigenvalue weighted by Crippen LogP contribution is -2.01. The molecule has 3 rings (SSSR count). The summed E-state index contributed by atoms with van der Waals surface area (Å²) < 4.78 is 0. The molecule has 0 unspecified atom stereocenters. The lowest BCUT2D eigenvalue weighted by Gasteiger charge is -2.07. The summed E-state index contributed by atoms with van der Waals surface area (Å²) in [5.41, 5.74) is 2.54. The van der Waals surface area contributed by atoms with Crippen LogP contribution in [0, 0.1) is 0 Å². The first-order valence-corrected chi connectivity index (χ1v) is 6.39. The van der Waals surface area contributed by atoms with Gasteiger partial charge in [-0.15, -0.1) is 0 Å². The maximum absolute atomic E-state index is 4.56. The van der Waals surface area contributed by atoms with Crippen molar-refractivity contribution in [1.82, 2.24) is 19.9 Å². The fraction of sp³-hybridized carbons (Fsp3) is 0.214. The number of hydrogen-bond acceptors (Lipinski definition) is 4. The van der Waals surface area contributed by atoms with Crippen molar-refractivity contribution in [3.8, 4) is 0 Å². The lowest BCUT2D eigenvalue weighted by molar-refractivity contribution is 0.844. The van der Waals surface area contributed by atoms with Crippen molar-refractivity contribution in [2.24, 2.45) is 0 Å². The molecule has 2 N–H and O–H groups in total. The summed E-state index contributed by atoms with van der Waals surface area (Å²) in [7, 11) is 0. The summed E-state index contributed by atoms with van der Waals surface area (Å²) in [5.74, 6) is 1.60. The molecule has 0 saturated carbocycles. The van der Waals surface area contributed by atoms with E-state index in [-0.39, 0.29) is 0 Å². The molecule has 0 amide bonds. The Hall–Kier alpha value is -2.43. The number of fused-ring (bicyclic) bond motifs is 1. The summed E-state index contributed by atoms with van der Waals surface area (Å²) in [6, 6.07) is 9.97. The molecule has 19 heavy (non-hydrogen) atoms. The highest BCUT2D eigenvalue weighted by Crippen LogP contribution is 2.21. The summed E-state index contributed by atoms with van der Waals surface area (Å²) in [6.45, 7) is 2.11. The van der Waals surface area contributed by atoms with Gasteiger partial charge >= 0.3 is 0 Å². The molecule has 0 saturated heterocycles. The summed E-state index contributed by atoms with van der Waals surface area (Å²) in [6.07, 6.45) is 3.51. The molecule has 0 atom stereocenters. The van der Waals surface area contributed by atoms with E-state index in [1.54, 1.807) is 6.33 Å². The second kappa shape index (κ2) is 5.06. The Morgan fingerprint density at radius 1 is 1.16 bits per heavy atom. The van der Waals surface area contributed by atoms with Crippen molar-refractivity contribution in [2.45, 2.75) is 19.8 Å². The van der Waals surface area contributed by atoms with E-state index in [1.807, 2.05) is 30.3 Å². The normalized spacial score (nSPS) is 10.8. The van der Waals surface area contributed by atoms with Gasteiger partial charge in [-0.2, -0.15) is 0 Å². The maximum Gasteiger partial charge on any atom is 0.183 e.